The minimum Gasteiger partial charge on any atom is -0.497 e. The molecule has 0 unspecified atom stereocenters. The molecule has 0 saturated carbocycles. The third kappa shape index (κ3) is 4.83. The molecule has 0 bridgehead atoms. The smallest absolute Gasteiger partial charge is 0.338 e. The average Bonchev–Trinajstić information content (AvgIpc) is 3.18. The van der Waals surface area contributed by atoms with Gasteiger partial charge in [0.1, 0.15) is 17.5 Å². The molecule has 1 aliphatic heterocycles. The van der Waals surface area contributed by atoms with Crippen molar-refractivity contribution in [3.8, 4) is 11.5 Å². The van der Waals surface area contributed by atoms with Gasteiger partial charge >= 0.3 is 5.97 Å². The molecule has 7 nitrogen and oxygen atoms in total. The van der Waals surface area contributed by atoms with E-state index in [1.807, 2.05) is 42.5 Å². The fraction of sp³-hybridized carbons (Fsp3) is 0.222. The van der Waals surface area contributed by atoms with E-state index in [2.05, 4.69) is 4.99 Å². The number of nitrogens with zero attached hydrogens (tertiary/aromatic N) is 2. The second kappa shape index (κ2) is 10.6. The summed E-state index contributed by atoms with van der Waals surface area (Å²) >= 11 is 1.27. The molecular formula is C27H26N2O5S. The average molecular weight is 491 g/mol. The molecular weight excluding hydrogens is 464 g/mol. The normalized spacial score (nSPS) is 15.7. The van der Waals surface area contributed by atoms with Gasteiger partial charge in [0.2, 0.25) is 0 Å². The van der Waals surface area contributed by atoms with Gasteiger partial charge < -0.3 is 14.2 Å². The van der Waals surface area contributed by atoms with Crippen LogP contribution in [0.3, 0.4) is 0 Å². The maximum atomic E-state index is 13.6. The Morgan fingerprint density at radius 2 is 1.91 bits per heavy atom. The van der Waals surface area contributed by atoms with Gasteiger partial charge in [-0.1, -0.05) is 53.8 Å². The summed E-state index contributed by atoms with van der Waals surface area (Å²) in [7, 11) is 3.10. The van der Waals surface area contributed by atoms with Crippen molar-refractivity contribution in [3.63, 3.8) is 0 Å². The molecule has 0 spiro atoms. The van der Waals surface area contributed by atoms with E-state index in [-0.39, 0.29) is 17.7 Å². The van der Waals surface area contributed by atoms with E-state index in [1.165, 1.54) is 15.9 Å². The molecule has 2 aromatic carbocycles. The van der Waals surface area contributed by atoms with Crippen LogP contribution in [0.4, 0.5) is 0 Å². The second-order valence-electron chi connectivity index (χ2n) is 7.70. The third-order valence-electron chi connectivity index (χ3n) is 5.58. The number of thiazole rings is 1. The first-order chi connectivity index (χ1) is 17.0. The lowest BCUT2D eigenvalue weighted by atomic mass is 9.95. The highest BCUT2D eigenvalue weighted by Gasteiger charge is 2.35. The van der Waals surface area contributed by atoms with Gasteiger partial charge in [0.15, 0.2) is 4.80 Å². The van der Waals surface area contributed by atoms with Crippen LogP contribution in [0, 0.1) is 0 Å². The summed E-state index contributed by atoms with van der Waals surface area (Å²) in [6, 6.07) is 14.3. The number of benzene rings is 2. The zero-order valence-electron chi connectivity index (χ0n) is 20.0. The number of carbonyl (C=O) groups is 1. The van der Waals surface area contributed by atoms with Gasteiger partial charge in [-0.3, -0.25) is 9.36 Å². The summed E-state index contributed by atoms with van der Waals surface area (Å²) in [6.07, 6.45) is 5.53. The van der Waals surface area contributed by atoms with Gasteiger partial charge in [-0.25, -0.2) is 9.79 Å². The first-order valence-corrected chi connectivity index (χ1v) is 11.9. The Hall–Kier alpha value is -3.91. The maximum Gasteiger partial charge on any atom is 0.338 e. The van der Waals surface area contributed by atoms with Crippen molar-refractivity contribution in [3.05, 3.63) is 96.7 Å². The first-order valence-electron chi connectivity index (χ1n) is 11.1. The van der Waals surface area contributed by atoms with Crippen molar-refractivity contribution in [2.24, 2.45) is 4.99 Å². The fourth-order valence-corrected chi connectivity index (χ4v) is 4.96. The predicted molar refractivity (Wildman–Crippen MR) is 136 cm³/mol. The molecule has 180 valence electrons. The van der Waals surface area contributed by atoms with Crippen LogP contribution in [0.2, 0.25) is 0 Å². The Labute approximate surface area is 206 Å². The Kier molecular flexibility index (Phi) is 7.31. The summed E-state index contributed by atoms with van der Waals surface area (Å²) in [5.41, 5.74) is 2.16. The molecule has 3 aromatic rings. The number of aromatic nitrogens is 1. The summed E-state index contributed by atoms with van der Waals surface area (Å²) in [5, 5.41) is 0. The van der Waals surface area contributed by atoms with Gasteiger partial charge in [0.25, 0.3) is 5.56 Å². The van der Waals surface area contributed by atoms with Crippen LogP contribution < -0.4 is 24.4 Å². The van der Waals surface area contributed by atoms with Gasteiger partial charge in [-0.15, -0.1) is 0 Å². The summed E-state index contributed by atoms with van der Waals surface area (Å²) < 4.78 is 18.4. The minimum atomic E-state index is -0.782. The monoisotopic (exact) mass is 490 g/mol. The highest BCUT2D eigenvalue weighted by atomic mass is 32.1. The van der Waals surface area contributed by atoms with E-state index in [0.717, 1.165) is 5.56 Å². The van der Waals surface area contributed by atoms with Gasteiger partial charge in [0.05, 0.1) is 36.6 Å². The van der Waals surface area contributed by atoms with Crippen molar-refractivity contribution in [2.75, 3.05) is 20.8 Å². The zero-order chi connectivity index (χ0) is 24.9. The van der Waals surface area contributed by atoms with E-state index < -0.39 is 12.0 Å². The van der Waals surface area contributed by atoms with Crippen LogP contribution in [0.1, 0.15) is 31.0 Å². The third-order valence-corrected chi connectivity index (χ3v) is 6.59. The number of allylic oxidation sites excluding steroid dienone is 2. The maximum absolute atomic E-state index is 13.6. The van der Waals surface area contributed by atoms with Crippen LogP contribution in [0.15, 0.2) is 75.7 Å². The van der Waals surface area contributed by atoms with E-state index in [0.29, 0.717) is 32.1 Å². The Morgan fingerprint density at radius 1 is 1.14 bits per heavy atom. The van der Waals surface area contributed by atoms with E-state index in [4.69, 9.17) is 14.2 Å². The molecule has 0 radical (unpaired) electrons. The summed E-state index contributed by atoms with van der Waals surface area (Å²) in [6.45, 7) is 3.69. The number of hydrogen-bond donors (Lipinski definition) is 0. The zero-order valence-corrected chi connectivity index (χ0v) is 20.8. The Balaban J connectivity index is 1.93. The van der Waals surface area contributed by atoms with Gasteiger partial charge in [-0.05, 0) is 43.7 Å². The molecule has 0 saturated heterocycles. The lowest BCUT2D eigenvalue weighted by molar-refractivity contribution is -0.139. The topological polar surface area (TPSA) is 79.1 Å². The lowest BCUT2D eigenvalue weighted by Crippen LogP contribution is -2.40. The van der Waals surface area contributed by atoms with E-state index >= 15 is 0 Å². The highest BCUT2D eigenvalue weighted by molar-refractivity contribution is 7.07. The molecule has 35 heavy (non-hydrogen) atoms. The molecule has 0 fully saturated rings. The summed E-state index contributed by atoms with van der Waals surface area (Å²) in [4.78, 5) is 31.8. The molecule has 0 amide bonds. The molecule has 1 atom stereocenters. The molecule has 1 aromatic heterocycles. The number of carbonyl (C=O) groups excluding carboxylic acids is 1. The quantitative estimate of drug-likeness (QED) is 0.474. The number of methoxy groups -OCH3 is 2. The number of esters is 1. The van der Waals surface area contributed by atoms with Crippen molar-refractivity contribution >= 4 is 29.5 Å². The SMILES string of the molecule is CCOC(=O)C1=C(C)N=c2s/c(=C/C=C/c3ccccc3)c(=O)n2[C@H]1c1cc(OC)ccc1OC. The predicted octanol–water partition coefficient (Wildman–Crippen LogP) is 3.48. The second-order valence-corrected chi connectivity index (χ2v) is 8.71. The first kappa shape index (κ1) is 24.2. The van der Waals surface area contributed by atoms with Gasteiger partial charge in [-0.2, -0.15) is 0 Å². The van der Waals surface area contributed by atoms with Crippen LogP contribution in [0.5, 0.6) is 11.5 Å². The summed E-state index contributed by atoms with van der Waals surface area (Å²) in [5.74, 6) is 0.569. The standard InChI is InChI=1S/C27H26N2O5S/c1-5-34-26(31)23-17(2)28-27-29(24(23)20-16-19(32-3)14-15-21(20)33-4)25(30)22(35-27)13-9-12-18-10-7-6-8-11-18/h6-16,24H,5H2,1-4H3/b12-9+,22-13+/t24-/m0/s1. The Morgan fingerprint density at radius 3 is 2.60 bits per heavy atom. The lowest BCUT2D eigenvalue weighted by Gasteiger charge is -2.26. The number of hydrogen-bond acceptors (Lipinski definition) is 7. The van der Waals surface area contributed by atoms with Crippen LogP contribution in [0.25, 0.3) is 12.2 Å². The number of rotatable bonds is 7. The number of ether oxygens (including phenoxy) is 3. The van der Waals surface area contributed by atoms with Crippen LogP contribution in [-0.2, 0) is 9.53 Å². The molecule has 0 N–H and O–H groups in total. The van der Waals surface area contributed by atoms with E-state index in [1.54, 1.807) is 52.3 Å². The van der Waals surface area contributed by atoms with Crippen LogP contribution in [-0.4, -0.2) is 31.4 Å². The van der Waals surface area contributed by atoms with Gasteiger partial charge in [0, 0.05) is 5.56 Å². The molecule has 1 aliphatic rings. The van der Waals surface area contributed by atoms with Crippen LogP contribution >= 0.6 is 11.3 Å². The molecule has 4 rings (SSSR count). The van der Waals surface area contributed by atoms with Crippen molar-refractivity contribution in [2.45, 2.75) is 19.9 Å². The van der Waals surface area contributed by atoms with E-state index in [9.17, 15) is 9.59 Å². The number of fused-ring (bicyclic) bond motifs is 1. The fourth-order valence-electron chi connectivity index (χ4n) is 3.96. The Bertz CT molecular complexity index is 1480. The molecule has 8 heteroatoms. The van der Waals surface area contributed by atoms with Crippen molar-refractivity contribution in [1.82, 2.24) is 4.57 Å². The molecule has 2 heterocycles. The van der Waals surface area contributed by atoms with Crippen molar-refractivity contribution < 1.29 is 19.0 Å². The van der Waals surface area contributed by atoms with Crippen molar-refractivity contribution in [1.29, 1.82) is 0 Å². The minimum absolute atomic E-state index is 0.201. The molecule has 0 aliphatic carbocycles. The largest absolute Gasteiger partial charge is 0.497 e. The highest BCUT2D eigenvalue weighted by Crippen LogP contribution is 2.37.